The quantitative estimate of drug-likeness (QED) is 0.539. The standard InChI is InChI=1S/C25H25FN2O4S2/c1-14-20(10-16-4-7-18(8-5-16)34(3)32)19-9-6-17(26)11-22(19)21(14)12-24(30)33-13-23(25(27)31)28-15(2)29/h4-11,23H,12-13H2,1-3H3,(H2,27,31)(H,28,29)/b20-10-/t23-,34?/m0/s1. The predicted molar refractivity (Wildman–Crippen MR) is 135 cm³/mol. The van der Waals surface area contributed by atoms with Gasteiger partial charge in [0.2, 0.25) is 11.8 Å². The number of nitrogens with one attached hydrogen (secondary N) is 1. The van der Waals surface area contributed by atoms with Crippen LogP contribution in [0.25, 0.3) is 17.2 Å². The first-order chi connectivity index (χ1) is 16.1. The summed E-state index contributed by atoms with van der Waals surface area (Å²) in [4.78, 5) is 36.2. The monoisotopic (exact) mass is 500 g/mol. The summed E-state index contributed by atoms with van der Waals surface area (Å²) in [6.07, 6.45) is 3.60. The summed E-state index contributed by atoms with van der Waals surface area (Å²) in [7, 11) is 0. The van der Waals surface area contributed by atoms with Crippen molar-refractivity contribution in [2.75, 3.05) is 12.0 Å². The van der Waals surface area contributed by atoms with Gasteiger partial charge in [-0.15, -0.1) is 0 Å². The van der Waals surface area contributed by atoms with Crippen molar-refractivity contribution in [2.45, 2.75) is 31.2 Å². The van der Waals surface area contributed by atoms with E-state index in [1.54, 1.807) is 24.5 Å². The molecule has 1 unspecified atom stereocenters. The summed E-state index contributed by atoms with van der Waals surface area (Å²) < 4.78 is 25.7. The fraction of sp³-hybridized carbons (Fsp3) is 0.240. The molecule has 34 heavy (non-hydrogen) atoms. The SMILES string of the molecule is CC(=O)N[C@@H](CSC(=O)CC1=C(C)/C(=C/c2ccc([S+](C)[O-])cc2)c2ccc(F)cc21)C(N)=O. The number of carbonyl (C=O) groups is 3. The van der Waals surface area contributed by atoms with E-state index in [-0.39, 0.29) is 17.3 Å². The maximum Gasteiger partial charge on any atom is 0.240 e. The normalized spacial score (nSPS) is 15.7. The van der Waals surface area contributed by atoms with Crippen molar-refractivity contribution in [1.29, 1.82) is 0 Å². The summed E-state index contributed by atoms with van der Waals surface area (Å²) in [6.45, 7) is 3.15. The van der Waals surface area contributed by atoms with Gasteiger partial charge in [-0.05, 0) is 94.0 Å². The van der Waals surface area contributed by atoms with Crippen molar-refractivity contribution >= 4 is 57.1 Å². The van der Waals surface area contributed by atoms with E-state index in [0.29, 0.717) is 11.1 Å². The lowest BCUT2D eigenvalue weighted by atomic mass is 10.0. The molecule has 0 radical (unpaired) electrons. The molecule has 1 aliphatic rings. The van der Waals surface area contributed by atoms with Gasteiger partial charge < -0.3 is 15.6 Å². The molecular weight excluding hydrogens is 475 g/mol. The third-order valence-corrected chi connectivity index (χ3v) is 7.33. The number of halogens is 1. The van der Waals surface area contributed by atoms with Crippen molar-refractivity contribution in [3.8, 4) is 0 Å². The largest absolute Gasteiger partial charge is 0.612 e. The van der Waals surface area contributed by atoms with Gasteiger partial charge in [-0.1, -0.05) is 17.8 Å². The molecule has 0 bridgehead atoms. The number of allylic oxidation sites excluding steroid dienone is 3. The number of nitrogens with two attached hydrogens (primary N) is 1. The van der Waals surface area contributed by atoms with Crippen molar-refractivity contribution < 1.29 is 23.3 Å². The molecule has 9 heteroatoms. The maximum atomic E-state index is 14.1. The first-order valence-corrected chi connectivity index (χ1v) is 13.0. The Balaban J connectivity index is 1.86. The molecule has 0 saturated heterocycles. The second kappa shape index (κ2) is 11.0. The van der Waals surface area contributed by atoms with Crippen LogP contribution in [0.1, 0.15) is 37.0 Å². The molecule has 0 heterocycles. The molecule has 2 aromatic rings. The number of carbonyl (C=O) groups excluding carboxylic acids is 3. The van der Waals surface area contributed by atoms with Crippen LogP contribution in [0.2, 0.25) is 0 Å². The minimum Gasteiger partial charge on any atom is -0.612 e. The van der Waals surface area contributed by atoms with E-state index in [2.05, 4.69) is 5.32 Å². The third-order valence-electron chi connectivity index (χ3n) is 5.43. The van der Waals surface area contributed by atoms with Gasteiger partial charge in [-0.2, -0.15) is 0 Å². The van der Waals surface area contributed by atoms with Gasteiger partial charge >= 0.3 is 0 Å². The number of fused-ring (bicyclic) bond motifs is 1. The maximum absolute atomic E-state index is 14.1. The molecule has 2 amide bonds. The van der Waals surface area contributed by atoms with Crippen LogP contribution in [-0.2, 0) is 25.6 Å². The number of rotatable bonds is 8. The highest BCUT2D eigenvalue weighted by atomic mass is 32.2. The summed E-state index contributed by atoms with van der Waals surface area (Å²) in [6, 6.07) is 10.9. The van der Waals surface area contributed by atoms with E-state index in [1.165, 1.54) is 19.1 Å². The molecule has 3 N–H and O–H groups in total. The summed E-state index contributed by atoms with van der Waals surface area (Å²) in [5.41, 5.74) is 10.1. The van der Waals surface area contributed by atoms with Crippen molar-refractivity contribution in [2.24, 2.45) is 5.73 Å². The molecule has 2 aromatic carbocycles. The molecular formula is C25H25FN2O4S2. The van der Waals surface area contributed by atoms with Crippen LogP contribution in [0.4, 0.5) is 4.39 Å². The molecule has 1 aliphatic carbocycles. The average Bonchev–Trinajstić information content (AvgIpc) is 3.01. The van der Waals surface area contributed by atoms with Crippen molar-refractivity contribution in [3.63, 3.8) is 0 Å². The number of amides is 2. The number of benzene rings is 2. The second-order valence-corrected chi connectivity index (χ2v) is 10.3. The summed E-state index contributed by atoms with van der Waals surface area (Å²) in [5.74, 6) is -1.52. The Kier molecular flexibility index (Phi) is 8.35. The van der Waals surface area contributed by atoms with E-state index in [1.807, 2.05) is 25.1 Å². The van der Waals surface area contributed by atoms with Crippen LogP contribution < -0.4 is 11.1 Å². The van der Waals surface area contributed by atoms with Gasteiger partial charge in [0.25, 0.3) is 0 Å². The van der Waals surface area contributed by atoms with E-state index in [0.717, 1.165) is 38.9 Å². The fourth-order valence-electron chi connectivity index (χ4n) is 3.72. The number of primary amides is 1. The van der Waals surface area contributed by atoms with Crippen LogP contribution in [0, 0.1) is 5.82 Å². The molecule has 0 aliphatic heterocycles. The number of hydrogen-bond acceptors (Lipinski definition) is 5. The molecule has 2 atom stereocenters. The lowest BCUT2D eigenvalue weighted by Gasteiger charge is -2.13. The smallest absolute Gasteiger partial charge is 0.240 e. The first-order valence-electron chi connectivity index (χ1n) is 10.4. The van der Waals surface area contributed by atoms with Crippen LogP contribution in [0.15, 0.2) is 52.9 Å². The molecule has 0 saturated carbocycles. The second-order valence-electron chi connectivity index (χ2n) is 7.89. The Morgan fingerprint density at radius 1 is 1.18 bits per heavy atom. The fourth-order valence-corrected chi connectivity index (χ4v) is 5.08. The zero-order valence-corrected chi connectivity index (χ0v) is 20.6. The van der Waals surface area contributed by atoms with Crippen LogP contribution in [0.3, 0.4) is 0 Å². The van der Waals surface area contributed by atoms with Gasteiger partial charge in [0.15, 0.2) is 10.0 Å². The Morgan fingerprint density at radius 3 is 2.44 bits per heavy atom. The molecule has 0 fully saturated rings. The average molecular weight is 501 g/mol. The molecule has 178 valence electrons. The van der Waals surface area contributed by atoms with E-state index < -0.39 is 34.8 Å². The van der Waals surface area contributed by atoms with Crippen molar-refractivity contribution in [1.82, 2.24) is 5.32 Å². The minimum atomic E-state index is -1.08. The van der Waals surface area contributed by atoms with Crippen molar-refractivity contribution in [3.05, 3.63) is 70.5 Å². The Hall–Kier alpha value is -2.88. The molecule has 6 nitrogen and oxygen atoms in total. The lowest BCUT2D eigenvalue weighted by Crippen LogP contribution is -2.45. The van der Waals surface area contributed by atoms with Gasteiger partial charge in [0.05, 0.1) is 0 Å². The van der Waals surface area contributed by atoms with Gasteiger partial charge in [0, 0.05) is 19.1 Å². The molecule has 0 aromatic heterocycles. The van der Waals surface area contributed by atoms with Gasteiger partial charge in [0.1, 0.15) is 18.1 Å². The highest BCUT2D eigenvalue weighted by Crippen LogP contribution is 2.44. The van der Waals surface area contributed by atoms with Gasteiger partial charge in [-0.25, -0.2) is 4.39 Å². The van der Waals surface area contributed by atoms with E-state index in [4.69, 9.17) is 5.73 Å². The van der Waals surface area contributed by atoms with Crippen LogP contribution in [-0.4, -0.2) is 39.5 Å². The van der Waals surface area contributed by atoms with Crippen LogP contribution in [0.5, 0.6) is 0 Å². The van der Waals surface area contributed by atoms with Gasteiger partial charge in [-0.3, -0.25) is 14.4 Å². The molecule has 3 rings (SSSR count). The highest BCUT2D eigenvalue weighted by molar-refractivity contribution is 8.13. The Labute approximate surface area is 205 Å². The minimum absolute atomic E-state index is 0.0178. The third kappa shape index (κ3) is 6.16. The van der Waals surface area contributed by atoms with Crippen LogP contribution >= 0.6 is 11.8 Å². The summed E-state index contributed by atoms with van der Waals surface area (Å²) in [5, 5.41) is 2.20. The zero-order valence-electron chi connectivity index (χ0n) is 19.0. The predicted octanol–water partition coefficient (Wildman–Crippen LogP) is 3.53. The Bertz CT molecular complexity index is 1190. The first kappa shape index (κ1) is 25.7. The highest BCUT2D eigenvalue weighted by Gasteiger charge is 2.27. The molecule has 0 spiro atoms. The van der Waals surface area contributed by atoms with E-state index in [9.17, 15) is 23.3 Å². The number of hydrogen-bond donors (Lipinski definition) is 2. The lowest BCUT2D eigenvalue weighted by molar-refractivity contribution is -0.125. The topological polar surface area (TPSA) is 112 Å². The Morgan fingerprint density at radius 2 is 1.85 bits per heavy atom. The zero-order chi connectivity index (χ0) is 25.0. The summed E-state index contributed by atoms with van der Waals surface area (Å²) >= 11 is -0.174. The van der Waals surface area contributed by atoms with E-state index >= 15 is 0 Å². The number of thioether (sulfide) groups is 1.